The SMILES string of the molecule is CCC(C(=O)NC(C)(C)C)N(Cc1ccc(OC)cc1)C(=O)CSCc1ccc(Cl)cc1Cl. The van der Waals surface area contributed by atoms with Crippen LogP contribution in [0.5, 0.6) is 5.75 Å². The predicted molar refractivity (Wildman–Crippen MR) is 138 cm³/mol. The molecule has 0 aliphatic carbocycles. The van der Waals surface area contributed by atoms with Crippen LogP contribution in [-0.2, 0) is 21.9 Å². The molecule has 2 amide bonds. The number of carbonyl (C=O) groups excluding carboxylic acids is 2. The van der Waals surface area contributed by atoms with Crippen LogP contribution in [0.4, 0.5) is 0 Å². The molecule has 0 radical (unpaired) electrons. The number of benzene rings is 2. The fraction of sp³-hybridized carbons (Fsp3) is 0.440. The molecule has 0 heterocycles. The molecule has 33 heavy (non-hydrogen) atoms. The lowest BCUT2D eigenvalue weighted by molar-refractivity contribution is -0.140. The maximum atomic E-state index is 13.3. The number of hydrogen-bond donors (Lipinski definition) is 1. The third-order valence-electron chi connectivity index (χ3n) is 4.89. The van der Waals surface area contributed by atoms with E-state index in [4.69, 9.17) is 27.9 Å². The van der Waals surface area contributed by atoms with Gasteiger partial charge in [-0.2, -0.15) is 0 Å². The Morgan fingerprint density at radius 3 is 2.33 bits per heavy atom. The number of nitrogens with one attached hydrogen (secondary N) is 1. The van der Waals surface area contributed by atoms with Crippen LogP contribution in [0.3, 0.4) is 0 Å². The molecule has 1 atom stereocenters. The molecule has 5 nitrogen and oxygen atoms in total. The third kappa shape index (κ3) is 8.76. The Morgan fingerprint density at radius 1 is 1.12 bits per heavy atom. The molecule has 1 N–H and O–H groups in total. The van der Waals surface area contributed by atoms with E-state index >= 15 is 0 Å². The van der Waals surface area contributed by atoms with Gasteiger partial charge in [-0.05, 0) is 62.6 Å². The Hall–Kier alpha value is -1.89. The van der Waals surface area contributed by atoms with E-state index in [1.165, 1.54) is 11.8 Å². The van der Waals surface area contributed by atoms with Gasteiger partial charge in [-0.1, -0.05) is 48.3 Å². The fourth-order valence-electron chi connectivity index (χ4n) is 3.27. The molecule has 0 aliphatic heterocycles. The summed E-state index contributed by atoms with van der Waals surface area (Å²) >= 11 is 13.7. The first-order valence-corrected chi connectivity index (χ1v) is 12.7. The van der Waals surface area contributed by atoms with Crippen molar-refractivity contribution in [2.24, 2.45) is 0 Å². The van der Waals surface area contributed by atoms with Crippen molar-refractivity contribution >= 4 is 46.8 Å². The van der Waals surface area contributed by atoms with E-state index in [2.05, 4.69) is 5.32 Å². The van der Waals surface area contributed by atoms with Gasteiger partial charge in [0.05, 0.1) is 12.9 Å². The molecule has 0 spiro atoms. The number of amides is 2. The molecular weight excluding hydrogens is 479 g/mol. The van der Waals surface area contributed by atoms with Crippen molar-refractivity contribution in [3.05, 3.63) is 63.6 Å². The van der Waals surface area contributed by atoms with Gasteiger partial charge < -0.3 is 15.0 Å². The summed E-state index contributed by atoms with van der Waals surface area (Å²) in [6.45, 7) is 8.04. The van der Waals surface area contributed by atoms with Crippen molar-refractivity contribution in [1.29, 1.82) is 0 Å². The van der Waals surface area contributed by atoms with Gasteiger partial charge in [0.15, 0.2) is 0 Å². The molecule has 2 aromatic carbocycles. The molecule has 180 valence electrons. The van der Waals surface area contributed by atoms with Crippen LogP contribution in [0.25, 0.3) is 0 Å². The lowest BCUT2D eigenvalue weighted by Gasteiger charge is -2.33. The van der Waals surface area contributed by atoms with Gasteiger partial charge >= 0.3 is 0 Å². The highest BCUT2D eigenvalue weighted by Crippen LogP contribution is 2.25. The highest BCUT2D eigenvalue weighted by atomic mass is 35.5. The molecule has 0 aromatic heterocycles. The van der Waals surface area contributed by atoms with Crippen molar-refractivity contribution in [3.63, 3.8) is 0 Å². The van der Waals surface area contributed by atoms with Gasteiger partial charge in [0.25, 0.3) is 0 Å². The van der Waals surface area contributed by atoms with E-state index in [1.807, 2.05) is 58.0 Å². The molecule has 8 heteroatoms. The quantitative estimate of drug-likeness (QED) is 0.428. The zero-order chi connectivity index (χ0) is 24.6. The van der Waals surface area contributed by atoms with E-state index < -0.39 is 6.04 Å². The maximum Gasteiger partial charge on any atom is 0.243 e. The Morgan fingerprint density at radius 2 is 1.79 bits per heavy atom. The van der Waals surface area contributed by atoms with Crippen LogP contribution in [0.15, 0.2) is 42.5 Å². The Kier molecular flexibility index (Phi) is 10.4. The first kappa shape index (κ1) is 27.4. The maximum absolute atomic E-state index is 13.3. The minimum absolute atomic E-state index is 0.100. The number of thioether (sulfide) groups is 1. The Balaban J connectivity index is 2.17. The minimum Gasteiger partial charge on any atom is -0.497 e. The zero-order valence-corrected chi connectivity index (χ0v) is 22.1. The molecule has 2 rings (SSSR count). The van der Waals surface area contributed by atoms with Gasteiger partial charge in [0.2, 0.25) is 11.8 Å². The zero-order valence-electron chi connectivity index (χ0n) is 19.8. The number of rotatable bonds is 10. The second-order valence-electron chi connectivity index (χ2n) is 8.76. The van der Waals surface area contributed by atoms with Gasteiger partial charge in [-0.3, -0.25) is 9.59 Å². The van der Waals surface area contributed by atoms with Crippen LogP contribution < -0.4 is 10.1 Å². The van der Waals surface area contributed by atoms with Crippen LogP contribution in [-0.4, -0.2) is 41.2 Å². The average Bonchev–Trinajstić information content (AvgIpc) is 2.74. The summed E-state index contributed by atoms with van der Waals surface area (Å²) in [5.74, 6) is 1.29. The van der Waals surface area contributed by atoms with Crippen LogP contribution in [0, 0.1) is 0 Å². The highest BCUT2D eigenvalue weighted by molar-refractivity contribution is 7.99. The van der Waals surface area contributed by atoms with Gasteiger partial charge in [-0.25, -0.2) is 0 Å². The van der Waals surface area contributed by atoms with Crippen molar-refractivity contribution in [3.8, 4) is 5.75 Å². The van der Waals surface area contributed by atoms with E-state index in [1.54, 1.807) is 24.1 Å². The highest BCUT2D eigenvalue weighted by Gasteiger charge is 2.30. The second kappa shape index (κ2) is 12.5. The largest absolute Gasteiger partial charge is 0.497 e. The summed E-state index contributed by atoms with van der Waals surface area (Å²) in [6, 6.07) is 12.3. The smallest absolute Gasteiger partial charge is 0.243 e. The van der Waals surface area contributed by atoms with Crippen molar-refractivity contribution in [2.75, 3.05) is 12.9 Å². The lowest BCUT2D eigenvalue weighted by Crippen LogP contribution is -2.53. The van der Waals surface area contributed by atoms with Crippen LogP contribution in [0.2, 0.25) is 10.0 Å². The molecule has 2 aromatic rings. The molecule has 0 saturated heterocycles. The van der Waals surface area contributed by atoms with E-state index in [-0.39, 0.29) is 23.1 Å². The summed E-state index contributed by atoms with van der Waals surface area (Å²) in [4.78, 5) is 28.0. The molecule has 0 bridgehead atoms. The average molecular weight is 512 g/mol. The van der Waals surface area contributed by atoms with Crippen molar-refractivity contribution in [1.82, 2.24) is 10.2 Å². The number of methoxy groups -OCH3 is 1. The number of ether oxygens (including phenoxy) is 1. The topological polar surface area (TPSA) is 58.6 Å². The van der Waals surface area contributed by atoms with Crippen molar-refractivity contribution < 1.29 is 14.3 Å². The monoisotopic (exact) mass is 510 g/mol. The molecule has 1 unspecified atom stereocenters. The van der Waals surface area contributed by atoms with Crippen molar-refractivity contribution in [2.45, 2.75) is 58.0 Å². The summed E-state index contributed by atoms with van der Waals surface area (Å²) < 4.78 is 5.23. The fourth-order valence-corrected chi connectivity index (χ4v) is 4.74. The van der Waals surface area contributed by atoms with Gasteiger partial charge in [0.1, 0.15) is 11.8 Å². The summed E-state index contributed by atoms with van der Waals surface area (Å²) in [7, 11) is 1.61. The van der Waals surface area contributed by atoms with Gasteiger partial charge in [-0.15, -0.1) is 11.8 Å². The molecule has 0 saturated carbocycles. The summed E-state index contributed by atoms with van der Waals surface area (Å²) in [5.41, 5.74) is 1.45. The van der Waals surface area contributed by atoms with Crippen LogP contribution >= 0.6 is 35.0 Å². The summed E-state index contributed by atoms with van der Waals surface area (Å²) in [5, 5.41) is 4.17. The Labute approximate surface area is 211 Å². The lowest BCUT2D eigenvalue weighted by atomic mass is 10.1. The third-order valence-corrected chi connectivity index (χ3v) is 6.45. The number of halogens is 2. The predicted octanol–water partition coefficient (Wildman–Crippen LogP) is 5.96. The normalized spacial score (nSPS) is 12.2. The molecular formula is C25H32Cl2N2O3S. The van der Waals surface area contributed by atoms with Gasteiger partial charge in [0, 0.05) is 27.9 Å². The second-order valence-corrected chi connectivity index (χ2v) is 10.6. The first-order chi connectivity index (χ1) is 15.5. The summed E-state index contributed by atoms with van der Waals surface area (Å²) in [6.07, 6.45) is 0.511. The van der Waals surface area contributed by atoms with E-state index in [9.17, 15) is 9.59 Å². The molecule has 0 aliphatic rings. The molecule has 0 fully saturated rings. The standard InChI is InChI=1S/C25H32Cl2N2O3S/c1-6-22(24(31)28-25(2,3)4)29(14-17-7-11-20(32-5)12-8-17)23(30)16-33-15-18-9-10-19(26)13-21(18)27/h7-13,22H,6,14-16H2,1-5H3,(H,28,31). The first-order valence-electron chi connectivity index (χ1n) is 10.8. The number of hydrogen-bond acceptors (Lipinski definition) is 4. The van der Waals surface area contributed by atoms with Crippen LogP contribution in [0.1, 0.15) is 45.2 Å². The van der Waals surface area contributed by atoms with E-state index in [0.717, 1.165) is 16.9 Å². The number of nitrogens with zero attached hydrogens (tertiary/aromatic N) is 1. The van der Waals surface area contributed by atoms with E-state index in [0.29, 0.717) is 28.8 Å². The number of carbonyl (C=O) groups is 2. The minimum atomic E-state index is -0.571. The Bertz CT molecular complexity index is 946.